The van der Waals surface area contributed by atoms with Crippen molar-refractivity contribution in [3.63, 3.8) is 0 Å². The largest absolute Gasteiger partial charge is 0.335 e. The molecule has 2 heterocycles. The number of rotatable bonds is 4. The minimum Gasteiger partial charge on any atom is -0.335 e. The van der Waals surface area contributed by atoms with Gasteiger partial charge >= 0.3 is 0 Å². The van der Waals surface area contributed by atoms with E-state index in [0.717, 1.165) is 38.0 Å². The zero-order valence-corrected chi connectivity index (χ0v) is 17.1. The van der Waals surface area contributed by atoms with Crippen LogP contribution in [0.4, 0.5) is 4.39 Å². The molecule has 1 aliphatic carbocycles. The number of benzene rings is 2. The first-order chi connectivity index (χ1) is 14.1. The number of fused-ring (bicyclic) bond motifs is 1. The van der Waals surface area contributed by atoms with Crippen LogP contribution in [0.15, 0.2) is 48.5 Å². The third-order valence-electron chi connectivity index (χ3n) is 7.34. The van der Waals surface area contributed by atoms with Gasteiger partial charge in [-0.2, -0.15) is 0 Å². The number of halogens is 1. The molecule has 4 heteroatoms. The highest BCUT2D eigenvalue weighted by atomic mass is 19.1. The molecule has 2 saturated heterocycles. The molecule has 152 valence electrons. The molecule has 3 atom stereocenters. The van der Waals surface area contributed by atoms with Crippen LogP contribution >= 0.6 is 0 Å². The first-order valence-corrected chi connectivity index (χ1v) is 10.9. The van der Waals surface area contributed by atoms with Gasteiger partial charge in [-0.1, -0.05) is 48.9 Å². The maximum Gasteiger partial charge on any atom is 0.226 e. The Morgan fingerprint density at radius 1 is 1.03 bits per heavy atom. The molecule has 0 N–H and O–H groups in total. The van der Waals surface area contributed by atoms with Crippen molar-refractivity contribution in [3.05, 3.63) is 71.0 Å². The molecule has 0 unspecified atom stereocenters. The molecule has 3 aliphatic rings. The predicted molar refractivity (Wildman–Crippen MR) is 112 cm³/mol. The molecular formula is C25H29FN2O. The maximum atomic E-state index is 14.2. The number of carbonyl (C=O) groups excluding carboxylic acids is 1. The number of carbonyl (C=O) groups is 1. The average Bonchev–Trinajstić information content (AvgIpc) is 3.20. The van der Waals surface area contributed by atoms with Crippen LogP contribution in [0, 0.1) is 30.5 Å². The Labute approximate surface area is 172 Å². The summed E-state index contributed by atoms with van der Waals surface area (Å²) in [4.78, 5) is 17.8. The van der Waals surface area contributed by atoms with Crippen molar-refractivity contribution >= 4 is 5.91 Å². The van der Waals surface area contributed by atoms with Crippen LogP contribution in [0.5, 0.6) is 0 Å². The molecule has 29 heavy (non-hydrogen) atoms. The van der Waals surface area contributed by atoms with Gasteiger partial charge in [-0.25, -0.2) is 4.39 Å². The molecule has 2 aromatic carbocycles. The van der Waals surface area contributed by atoms with Crippen LogP contribution in [-0.2, 0) is 11.3 Å². The third-order valence-corrected chi connectivity index (χ3v) is 7.34. The van der Waals surface area contributed by atoms with E-state index in [2.05, 4.69) is 41.0 Å². The molecule has 0 bridgehead atoms. The van der Waals surface area contributed by atoms with E-state index in [1.807, 2.05) is 12.1 Å². The van der Waals surface area contributed by atoms with Gasteiger partial charge in [0.05, 0.1) is 6.04 Å². The maximum absolute atomic E-state index is 14.2. The smallest absolute Gasteiger partial charge is 0.226 e. The van der Waals surface area contributed by atoms with Crippen molar-refractivity contribution in [2.45, 2.75) is 38.8 Å². The second-order valence-electron chi connectivity index (χ2n) is 9.13. The summed E-state index contributed by atoms with van der Waals surface area (Å²) in [5, 5.41) is 0. The zero-order chi connectivity index (χ0) is 20.0. The number of hydrogen-bond donors (Lipinski definition) is 0. The molecule has 0 aromatic heterocycles. The standard InChI is InChI=1S/C25H29FN2O/c1-17-7-2-4-11-21(17)24-22-16-27(13-19-8-3-5-12-23(19)26)14-20(22)15-28(24)25(29)18-9-6-10-18/h2-5,7-8,11-12,18,20,22,24H,6,9-10,13-16H2,1H3/t20-,22-,24+/m0/s1. The fourth-order valence-electron chi connectivity index (χ4n) is 5.57. The zero-order valence-electron chi connectivity index (χ0n) is 17.1. The second kappa shape index (κ2) is 7.56. The van der Waals surface area contributed by atoms with E-state index < -0.39 is 0 Å². The predicted octanol–water partition coefficient (Wildman–Crippen LogP) is 4.57. The Hall–Kier alpha value is -2.20. The monoisotopic (exact) mass is 392 g/mol. The number of nitrogens with zero attached hydrogens (tertiary/aromatic N) is 2. The average molecular weight is 393 g/mol. The van der Waals surface area contributed by atoms with Crippen LogP contribution in [0.3, 0.4) is 0 Å². The van der Waals surface area contributed by atoms with Crippen LogP contribution in [0.25, 0.3) is 0 Å². The first-order valence-electron chi connectivity index (χ1n) is 10.9. The van der Waals surface area contributed by atoms with E-state index in [0.29, 0.717) is 24.3 Å². The van der Waals surface area contributed by atoms with Gasteiger partial charge in [0, 0.05) is 43.6 Å². The Morgan fingerprint density at radius 2 is 1.79 bits per heavy atom. The van der Waals surface area contributed by atoms with Crippen molar-refractivity contribution in [1.29, 1.82) is 0 Å². The lowest BCUT2D eigenvalue weighted by Crippen LogP contribution is -2.41. The van der Waals surface area contributed by atoms with Crippen LogP contribution in [-0.4, -0.2) is 35.3 Å². The van der Waals surface area contributed by atoms with Gasteiger partial charge in [-0.3, -0.25) is 9.69 Å². The highest BCUT2D eigenvalue weighted by Crippen LogP contribution is 2.47. The van der Waals surface area contributed by atoms with E-state index >= 15 is 0 Å². The van der Waals surface area contributed by atoms with Crippen molar-refractivity contribution in [1.82, 2.24) is 9.80 Å². The molecule has 2 aromatic rings. The molecule has 0 spiro atoms. The second-order valence-corrected chi connectivity index (χ2v) is 9.13. The SMILES string of the molecule is Cc1ccccc1[C@@H]1[C@H]2CN(Cc3ccccc3F)C[C@H]2CN1C(=O)C1CCC1. The topological polar surface area (TPSA) is 23.6 Å². The minimum atomic E-state index is -0.123. The van der Waals surface area contributed by atoms with Crippen LogP contribution < -0.4 is 0 Å². The van der Waals surface area contributed by atoms with E-state index in [1.165, 1.54) is 17.5 Å². The summed E-state index contributed by atoms with van der Waals surface area (Å²) in [6.07, 6.45) is 3.28. The van der Waals surface area contributed by atoms with Gasteiger partial charge in [-0.05, 0) is 42.9 Å². The van der Waals surface area contributed by atoms with Gasteiger partial charge in [0.2, 0.25) is 5.91 Å². The summed E-state index contributed by atoms with van der Waals surface area (Å²) in [6, 6.07) is 15.7. The van der Waals surface area contributed by atoms with Crippen molar-refractivity contribution < 1.29 is 9.18 Å². The van der Waals surface area contributed by atoms with Gasteiger partial charge < -0.3 is 4.90 Å². The normalized spacial score (nSPS) is 27.1. The minimum absolute atomic E-state index is 0.123. The fraction of sp³-hybridized carbons (Fsp3) is 0.480. The van der Waals surface area contributed by atoms with Gasteiger partial charge in [0.1, 0.15) is 5.82 Å². The van der Waals surface area contributed by atoms with Crippen molar-refractivity contribution in [2.24, 2.45) is 17.8 Å². The molecule has 0 radical (unpaired) electrons. The number of hydrogen-bond acceptors (Lipinski definition) is 2. The lowest BCUT2D eigenvalue weighted by Gasteiger charge is -2.35. The van der Waals surface area contributed by atoms with Crippen molar-refractivity contribution in [3.8, 4) is 0 Å². The number of aryl methyl sites for hydroxylation is 1. The summed E-state index contributed by atoms with van der Waals surface area (Å²) in [7, 11) is 0. The molecule has 2 aliphatic heterocycles. The quantitative estimate of drug-likeness (QED) is 0.761. The number of amides is 1. The van der Waals surface area contributed by atoms with E-state index in [1.54, 1.807) is 12.1 Å². The number of likely N-dealkylation sites (tertiary alicyclic amines) is 2. The van der Waals surface area contributed by atoms with E-state index in [9.17, 15) is 9.18 Å². The molecular weight excluding hydrogens is 363 g/mol. The first kappa shape index (κ1) is 18.8. The lowest BCUT2D eigenvalue weighted by atomic mass is 9.83. The van der Waals surface area contributed by atoms with Gasteiger partial charge in [-0.15, -0.1) is 0 Å². The molecule has 1 saturated carbocycles. The molecule has 5 rings (SSSR count). The Kier molecular flexibility index (Phi) is 4.91. The van der Waals surface area contributed by atoms with Gasteiger partial charge in [0.15, 0.2) is 0 Å². The lowest BCUT2D eigenvalue weighted by molar-refractivity contribution is -0.139. The molecule has 3 nitrogen and oxygen atoms in total. The van der Waals surface area contributed by atoms with Gasteiger partial charge in [0.25, 0.3) is 0 Å². The van der Waals surface area contributed by atoms with E-state index in [4.69, 9.17) is 0 Å². The summed E-state index contributed by atoms with van der Waals surface area (Å²) in [5.74, 6) is 1.36. The molecule has 1 amide bonds. The summed E-state index contributed by atoms with van der Waals surface area (Å²) in [6.45, 7) is 5.51. The summed E-state index contributed by atoms with van der Waals surface area (Å²) < 4.78 is 14.2. The Bertz CT molecular complexity index is 909. The van der Waals surface area contributed by atoms with Crippen molar-refractivity contribution in [2.75, 3.05) is 19.6 Å². The Morgan fingerprint density at radius 3 is 2.52 bits per heavy atom. The Balaban J connectivity index is 1.40. The summed E-state index contributed by atoms with van der Waals surface area (Å²) >= 11 is 0. The van der Waals surface area contributed by atoms with E-state index in [-0.39, 0.29) is 17.8 Å². The van der Waals surface area contributed by atoms with Crippen LogP contribution in [0.1, 0.15) is 42.0 Å². The molecule has 3 fully saturated rings. The van der Waals surface area contributed by atoms with Crippen LogP contribution in [0.2, 0.25) is 0 Å². The highest BCUT2D eigenvalue weighted by molar-refractivity contribution is 5.80. The third kappa shape index (κ3) is 3.38. The summed E-state index contributed by atoms with van der Waals surface area (Å²) in [5.41, 5.74) is 3.32. The fourth-order valence-corrected chi connectivity index (χ4v) is 5.57. The highest BCUT2D eigenvalue weighted by Gasteiger charge is 2.50.